The first-order chi connectivity index (χ1) is 17.2. The second-order valence-corrected chi connectivity index (χ2v) is 11.2. The lowest BCUT2D eigenvalue weighted by molar-refractivity contribution is -0.146. The van der Waals surface area contributed by atoms with Gasteiger partial charge in [0.05, 0.1) is 17.9 Å². The number of carbonyl (C=O) groups excluding carboxylic acids is 2. The zero-order valence-corrected chi connectivity index (χ0v) is 21.8. The number of methoxy groups -OCH3 is 1. The van der Waals surface area contributed by atoms with E-state index in [1.54, 1.807) is 0 Å². The van der Waals surface area contributed by atoms with Gasteiger partial charge in [0.15, 0.2) is 11.9 Å². The molecule has 1 aliphatic carbocycles. The second-order valence-electron chi connectivity index (χ2n) is 9.39. The van der Waals surface area contributed by atoms with Gasteiger partial charge in [0.1, 0.15) is 5.75 Å². The van der Waals surface area contributed by atoms with Gasteiger partial charge >= 0.3 is 5.97 Å². The van der Waals surface area contributed by atoms with Gasteiger partial charge in [-0.3, -0.25) is 14.4 Å². The number of hydroxylamine groups is 1. The molecule has 13 heteroatoms. The van der Waals surface area contributed by atoms with Crippen LogP contribution in [0.1, 0.15) is 51.4 Å². The average molecular weight is 544 g/mol. The number of carbonyl (C=O) groups is 3. The minimum Gasteiger partial charge on any atom is -0.497 e. The number of carboxylic acids is 1. The SMILES string of the molecule is COc1ccc(S(=O)(=O)N(CCC(=O)N2CCC(C(=O)O)CC2)C(C=O)(NO)C2CCCCC2)cc1.O. The van der Waals surface area contributed by atoms with Crippen molar-refractivity contribution in [3.8, 4) is 5.75 Å². The van der Waals surface area contributed by atoms with Crippen molar-refractivity contribution in [2.75, 3.05) is 26.7 Å². The number of sulfonamides is 1. The van der Waals surface area contributed by atoms with Crippen LogP contribution < -0.4 is 10.2 Å². The molecule has 5 N–H and O–H groups in total. The molecule has 2 aliphatic rings. The molecule has 1 heterocycles. The van der Waals surface area contributed by atoms with E-state index in [9.17, 15) is 33.1 Å². The predicted molar refractivity (Wildman–Crippen MR) is 132 cm³/mol. The first-order valence-electron chi connectivity index (χ1n) is 12.2. The Morgan fingerprint density at radius 1 is 1.14 bits per heavy atom. The molecule has 2 fully saturated rings. The van der Waals surface area contributed by atoms with Crippen molar-refractivity contribution < 1.29 is 43.3 Å². The number of likely N-dealkylation sites (tertiary alicyclic amines) is 1. The highest BCUT2D eigenvalue weighted by Gasteiger charge is 2.50. The summed E-state index contributed by atoms with van der Waals surface area (Å²) >= 11 is 0. The number of carboxylic acid groups (broad SMARTS) is 1. The Balaban J connectivity index is 0.00000481. The summed E-state index contributed by atoms with van der Waals surface area (Å²) in [5.41, 5.74) is 0.0841. The Morgan fingerprint density at radius 2 is 1.73 bits per heavy atom. The zero-order valence-electron chi connectivity index (χ0n) is 21.0. The second kappa shape index (κ2) is 13.3. The van der Waals surface area contributed by atoms with Crippen LogP contribution in [-0.4, -0.2) is 84.0 Å². The van der Waals surface area contributed by atoms with Crippen LogP contribution in [0.4, 0.5) is 0 Å². The summed E-state index contributed by atoms with van der Waals surface area (Å²) < 4.78 is 33.7. The normalized spacial score (nSPS) is 19.1. The van der Waals surface area contributed by atoms with Crippen LogP contribution in [0.3, 0.4) is 0 Å². The van der Waals surface area contributed by atoms with E-state index < -0.39 is 33.5 Å². The van der Waals surface area contributed by atoms with Crippen molar-refractivity contribution in [3.63, 3.8) is 0 Å². The van der Waals surface area contributed by atoms with Gasteiger partial charge in [-0.1, -0.05) is 19.3 Å². The molecule has 1 aliphatic heterocycles. The third-order valence-electron chi connectivity index (χ3n) is 7.37. The lowest BCUT2D eigenvalue weighted by atomic mass is 9.80. The topological polar surface area (TPSA) is 185 Å². The van der Waals surface area contributed by atoms with Crippen LogP contribution in [0, 0.1) is 11.8 Å². The summed E-state index contributed by atoms with van der Waals surface area (Å²) in [4.78, 5) is 38.1. The van der Waals surface area contributed by atoms with Crippen molar-refractivity contribution in [1.29, 1.82) is 0 Å². The van der Waals surface area contributed by atoms with Crippen LogP contribution in [0.25, 0.3) is 0 Å². The summed E-state index contributed by atoms with van der Waals surface area (Å²) in [7, 11) is -2.87. The van der Waals surface area contributed by atoms with Gasteiger partial charge in [-0.25, -0.2) is 8.42 Å². The van der Waals surface area contributed by atoms with Gasteiger partial charge in [-0.05, 0) is 49.9 Å². The van der Waals surface area contributed by atoms with E-state index in [4.69, 9.17) is 4.74 Å². The molecular weight excluding hydrogens is 506 g/mol. The fourth-order valence-corrected chi connectivity index (χ4v) is 6.88. The summed E-state index contributed by atoms with van der Waals surface area (Å²) in [6.45, 7) is 0.191. The monoisotopic (exact) mass is 543 g/mol. The number of amides is 1. The van der Waals surface area contributed by atoms with Crippen molar-refractivity contribution >= 4 is 28.2 Å². The number of ether oxygens (including phenoxy) is 1. The summed E-state index contributed by atoms with van der Waals surface area (Å²) in [6.07, 6.45) is 4.46. The highest BCUT2D eigenvalue weighted by molar-refractivity contribution is 7.89. The largest absolute Gasteiger partial charge is 0.497 e. The number of aldehydes is 1. The zero-order chi connectivity index (χ0) is 26.3. The lowest BCUT2D eigenvalue weighted by Crippen LogP contribution is -2.66. The Hall–Kier alpha value is -2.58. The minimum atomic E-state index is -4.33. The van der Waals surface area contributed by atoms with Crippen LogP contribution in [0.5, 0.6) is 5.75 Å². The maximum atomic E-state index is 13.8. The number of hydrogen-bond donors (Lipinski definition) is 3. The van der Waals surface area contributed by atoms with E-state index >= 15 is 0 Å². The van der Waals surface area contributed by atoms with Crippen molar-refractivity contribution in [2.45, 2.75) is 61.9 Å². The molecule has 3 rings (SSSR count). The average Bonchev–Trinajstić information content (AvgIpc) is 2.91. The molecule has 12 nitrogen and oxygen atoms in total. The van der Waals surface area contributed by atoms with Crippen LogP contribution in [-0.2, 0) is 24.4 Å². The fraction of sp³-hybridized carbons (Fsp3) is 0.625. The van der Waals surface area contributed by atoms with Crippen LogP contribution in [0.2, 0.25) is 0 Å². The Labute approximate surface area is 216 Å². The van der Waals surface area contributed by atoms with Crippen LogP contribution in [0.15, 0.2) is 29.2 Å². The molecule has 1 unspecified atom stereocenters. The van der Waals surface area contributed by atoms with Gasteiger partial charge in [0, 0.05) is 32.0 Å². The maximum Gasteiger partial charge on any atom is 0.306 e. The first-order valence-corrected chi connectivity index (χ1v) is 13.7. The predicted octanol–water partition coefficient (Wildman–Crippen LogP) is 1.03. The maximum absolute atomic E-state index is 13.8. The molecule has 0 spiro atoms. The summed E-state index contributed by atoms with van der Waals surface area (Å²) in [5, 5.41) is 19.4. The number of hydrogen-bond acceptors (Lipinski definition) is 8. The molecule has 1 atom stereocenters. The summed E-state index contributed by atoms with van der Waals surface area (Å²) in [5.74, 6) is -1.77. The smallest absolute Gasteiger partial charge is 0.306 e. The Kier molecular flexibility index (Phi) is 11.0. The molecule has 1 aromatic carbocycles. The summed E-state index contributed by atoms with van der Waals surface area (Å²) in [6, 6.07) is 5.68. The number of piperidine rings is 1. The standard InChI is InChI=1S/C24H35N3O8S.H2O/c1-35-20-7-9-21(10-8-20)36(33,34)27(24(17-28,25-32)19-5-3-2-4-6-19)16-13-22(29)26-14-11-18(12-15-26)23(30)31;/h7-10,17-19,25,32H,2-6,11-16H2,1H3,(H,30,31);1H2. The van der Waals surface area contributed by atoms with Crippen LogP contribution >= 0.6 is 0 Å². The van der Waals surface area contributed by atoms with Gasteiger partial charge in [-0.15, -0.1) is 0 Å². The lowest BCUT2D eigenvalue weighted by Gasteiger charge is -2.44. The Morgan fingerprint density at radius 3 is 2.22 bits per heavy atom. The van der Waals surface area contributed by atoms with Crippen molar-refractivity contribution in [2.24, 2.45) is 11.8 Å². The number of nitrogens with zero attached hydrogens (tertiary/aromatic N) is 2. The molecule has 1 saturated carbocycles. The molecule has 1 aromatic rings. The fourth-order valence-electron chi connectivity index (χ4n) is 5.18. The first kappa shape index (κ1) is 30.6. The molecule has 0 radical (unpaired) electrons. The van der Waals surface area contributed by atoms with E-state index in [1.165, 1.54) is 36.3 Å². The molecular formula is C24H37N3O9S. The quantitative estimate of drug-likeness (QED) is 0.208. The number of aliphatic carboxylic acids is 1. The molecule has 0 bridgehead atoms. The molecule has 37 heavy (non-hydrogen) atoms. The highest BCUT2D eigenvalue weighted by atomic mass is 32.2. The van der Waals surface area contributed by atoms with Crippen molar-refractivity contribution in [1.82, 2.24) is 14.7 Å². The highest BCUT2D eigenvalue weighted by Crippen LogP contribution is 2.37. The van der Waals surface area contributed by atoms with Gasteiger partial charge in [0.25, 0.3) is 0 Å². The minimum absolute atomic E-state index is 0. The number of rotatable bonds is 11. The third kappa shape index (κ3) is 6.65. The van der Waals surface area contributed by atoms with E-state index in [1.807, 2.05) is 5.48 Å². The molecule has 208 valence electrons. The number of nitrogens with one attached hydrogen (secondary N) is 1. The third-order valence-corrected chi connectivity index (χ3v) is 9.30. The van der Waals surface area contributed by atoms with E-state index in [0.29, 0.717) is 37.7 Å². The number of benzene rings is 1. The molecule has 1 saturated heterocycles. The molecule has 0 aromatic heterocycles. The van der Waals surface area contributed by atoms with Gasteiger partial charge in [0.2, 0.25) is 15.9 Å². The van der Waals surface area contributed by atoms with E-state index in [-0.39, 0.29) is 42.3 Å². The Bertz CT molecular complexity index is 1020. The van der Waals surface area contributed by atoms with Gasteiger partial charge < -0.3 is 25.4 Å². The molecule has 1 amide bonds. The van der Waals surface area contributed by atoms with E-state index in [2.05, 4.69) is 0 Å². The van der Waals surface area contributed by atoms with Crippen molar-refractivity contribution in [3.05, 3.63) is 24.3 Å². The van der Waals surface area contributed by atoms with Gasteiger partial charge in [-0.2, -0.15) is 9.79 Å². The van der Waals surface area contributed by atoms with E-state index in [0.717, 1.165) is 23.6 Å².